The van der Waals surface area contributed by atoms with Crippen LogP contribution >= 0.6 is 0 Å². The van der Waals surface area contributed by atoms with Gasteiger partial charge in [-0.3, -0.25) is 4.79 Å². The van der Waals surface area contributed by atoms with E-state index in [2.05, 4.69) is 37.1 Å². The maximum atomic E-state index is 13.7. The van der Waals surface area contributed by atoms with Gasteiger partial charge in [0.25, 0.3) is 0 Å². The summed E-state index contributed by atoms with van der Waals surface area (Å²) < 4.78 is 13.7. The smallest absolute Gasteiger partial charge is 0.225 e. The van der Waals surface area contributed by atoms with Gasteiger partial charge in [0.15, 0.2) is 5.82 Å². The first-order valence-electron chi connectivity index (χ1n) is 9.41. The number of carbonyl (C=O) groups is 1. The highest BCUT2D eigenvalue weighted by atomic mass is 19.1. The number of carbonyl (C=O) groups excluding carboxylic acids is 1. The second kappa shape index (κ2) is 7.93. The molecule has 3 heterocycles. The summed E-state index contributed by atoms with van der Waals surface area (Å²) in [4.78, 5) is 28.4. The Morgan fingerprint density at radius 3 is 2.75 bits per heavy atom. The largest absolute Gasteiger partial charge is 0.368 e. The number of H-pyrrole nitrogens is 1. The van der Waals surface area contributed by atoms with E-state index in [1.807, 2.05) is 12.1 Å². The van der Waals surface area contributed by atoms with E-state index in [-0.39, 0.29) is 18.1 Å². The predicted molar refractivity (Wildman–Crippen MR) is 107 cm³/mol. The van der Waals surface area contributed by atoms with Crippen LogP contribution in [0.25, 0.3) is 11.0 Å². The van der Waals surface area contributed by atoms with Crippen LogP contribution in [0.4, 0.5) is 15.9 Å². The molecule has 0 bridgehead atoms. The number of hydrogen-bond donors (Lipinski definition) is 2. The Morgan fingerprint density at radius 1 is 1.21 bits per heavy atom. The molecule has 2 aromatic heterocycles. The van der Waals surface area contributed by atoms with Crippen molar-refractivity contribution in [1.82, 2.24) is 19.9 Å². The average molecular weight is 382 g/mol. The standard InChI is InChI=1S/C20H23FN6O/c1-26-9-11-27(12-10-26)14-5-6-17(22-13-14)24-19(28)8-7-18-23-16-4-2-3-15(21)20(16)25-18/h2-6,13H,7-12H2,1H3,(H,23,25)(H,22,24,28). The highest BCUT2D eigenvalue weighted by molar-refractivity contribution is 5.90. The van der Waals surface area contributed by atoms with Crippen LogP contribution < -0.4 is 10.2 Å². The maximum absolute atomic E-state index is 13.7. The van der Waals surface area contributed by atoms with Crippen LogP contribution in [0.2, 0.25) is 0 Å². The fourth-order valence-corrected chi connectivity index (χ4v) is 3.32. The molecule has 0 saturated carbocycles. The number of nitrogens with one attached hydrogen (secondary N) is 2. The van der Waals surface area contributed by atoms with Crippen molar-refractivity contribution >= 4 is 28.4 Å². The summed E-state index contributed by atoms with van der Waals surface area (Å²) in [6.45, 7) is 4.01. The number of anilines is 2. The molecule has 2 N–H and O–H groups in total. The normalized spacial score (nSPS) is 15.1. The molecule has 0 aliphatic carbocycles. The highest BCUT2D eigenvalue weighted by Crippen LogP contribution is 2.18. The molecule has 4 rings (SSSR count). The van der Waals surface area contributed by atoms with Gasteiger partial charge < -0.3 is 20.1 Å². The Balaban J connectivity index is 1.31. The molecule has 7 nitrogen and oxygen atoms in total. The number of benzene rings is 1. The van der Waals surface area contributed by atoms with Gasteiger partial charge in [0.1, 0.15) is 17.2 Å². The van der Waals surface area contributed by atoms with Gasteiger partial charge in [-0.25, -0.2) is 14.4 Å². The number of para-hydroxylation sites is 1. The van der Waals surface area contributed by atoms with Crippen LogP contribution in [0.1, 0.15) is 12.2 Å². The Kier molecular flexibility index (Phi) is 5.21. The fraction of sp³-hybridized carbons (Fsp3) is 0.350. The lowest BCUT2D eigenvalue weighted by Crippen LogP contribution is -2.44. The second-order valence-corrected chi connectivity index (χ2v) is 7.06. The van der Waals surface area contributed by atoms with Crippen LogP contribution in [0, 0.1) is 5.82 Å². The Hall–Kier alpha value is -3.00. The summed E-state index contributed by atoms with van der Waals surface area (Å²) in [6.07, 6.45) is 2.44. The highest BCUT2D eigenvalue weighted by Gasteiger charge is 2.15. The molecule has 0 spiro atoms. The number of pyridine rings is 1. The van der Waals surface area contributed by atoms with Gasteiger partial charge in [0.05, 0.1) is 17.4 Å². The molecule has 1 saturated heterocycles. The van der Waals surface area contributed by atoms with E-state index in [0.29, 0.717) is 29.1 Å². The zero-order valence-electron chi connectivity index (χ0n) is 15.8. The number of aromatic amines is 1. The summed E-state index contributed by atoms with van der Waals surface area (Å²) in [5, 5.41) is 2.80. The minimum atomic E-state index is -0.367. The quantitative estimate of drug-likeness (QED) is 0.709. The molecule has 8 heteroatoms. The van der Waals surface area contributed by atoms with Crippen molar-refractivity contribution in [1.29, 1.82) is 0 Å². The van der Waals surface area contributed by atoms with Crippen molar-refractivity contribution in [3.63, 3.8) is 0 Å². The molecular weight excluding hydrogens is 359 g/mol. The molecule has 1 amide bonds. The van der Waals surface area contributed by atoms with Gasteiger partial charge >= 0.3 is 0 Å². The third-order valence-electron chi connectivity index (χ3n) is 4.99. The molecule has 0 atom stereocenters. The van der Waals surface area contributed by atoms with E-state index < -0.39 is 0 Å². The van der Waals surface area contributed by atoms with Crippen molar-refractivity contribution in [2.75, 3.05) is 43.4 Å². The first kappa shape index (κ1) is 18.4. The van der Waals surface area contributed by atoms with Gasteiger partial charge in [-0.1, -0.05) is 6.07 Å². The summed E-state index contributed by atoms with van der Waals surface area (Å²) in [6, 6.07) is 8.57. The van der Waals surface area contributed by atoms with Crippen molar-refractivity contribution < 1.29 is 9.18 Å². The van der Waals surface area contributed by atoms with Gasteiger partial charge in [0, 0.05) is 39.0 Å². The lowest BCUT2D eigenvalue weighted by molar-refractivity contribution is -0.116. The van der Waals surface area contributed by atoms with E-state index in [4.69, 9.17) is 0 Å². The van der Waals surface area contributed by atoms with E-state index in [9.17, 15) is 9.18 Å². The first-order valence-corrected chi connectivity index (χ1v) is 9.41. The SMILES string of the molecule is CN1CCN(c2ccc(NC(=O)CCc3nc4c(F)cccc4[nH]3)nc2)CC1. The number of imidazole rings is 1. The van der Waals surface area contributed by atoms with Crippen LogP contribution in [0.15, 0.2) is 36.5 Å². The lowest BCUT2D eigenvalue weighted by atomic mass is 10.2. The summed E-state index contributed by atoms with van der Waals surface area (Å²) in [5.74, 6) is 0.599. The van der Waals surface area contributed by atoms with E-state index in [1.165, 1.54) is 6.07 Å². The number of aromatic nitrogens is 3. The minimum Gasteiger partial charge on any atom is -0.368 e. The molecule has 146 valence electrons. The number of piperazine rings is 1. The number of fused-ring (bicyclic) bond motifs is 1. The summed E-state index contributed by atoms with van der Waals surface area (Å²) in [5.41, 5.74) is 2.01. The zero-order chi connectivity index (χ0) is 19.5. The second-order valence-electron chi connectivity index (χ2n) is 7.06. The van der Waals surface area contributed by atoms with Crippen LogP contribution in [-0.4, -0.2) is 59.0 Å². The van der Waals surface area contributed by atoms with Gasteiger partial charge in [-0.2, -0.15) is 0 Å². The molecule has 1 aliphatic heterocycles. The average Bonchev–Trinajstić information content (AvgIpc) is 3.12. The Labute approximate surface area is 162 Å². The van der Waals surface area contributed by atoms with Crippen molar-refractivity contribution in [2.45, 2.75) is 12.8 Å². The summed E-state index contributed by atoms with van der Waals surface area (Å²) in [7, 11) is 2.12. The van der Waals surface area contributed by atoms with Crippen LogP contribution in [-0.2, 0) is 11.2 Å². The van der Waals surface area contributed by atoms with Gasteiger partial charge in [-0.15, -0.1) is 0 Å². The molecule has 3 aromatic rings. The van der Waals surface area contributed by atoms with Crippen LogP contribution in [0.3, 0.4) is 0 Å². The molecule has 1 aromatic carbocycles. The number of halogens is 1. The Bertz CT molecular complexity index is 962. The maximum Gasteiger partial charge on any atom is 0.225 e. The molecule has 1 fully saturated rings. The van der Waals surface area contributed by atoms with E-state index in [1.54, 1.807) is 18.3 Å². The van der Waals surface area contributed by atoms with Crippen molar-refractivity contribution in [3.8, 4) is 0 Å². The number of rotatable bonds is 5. The third kappa shape index (κ3) is 4.12. The number of hydrogen-bond acceptors (Lipinski definition) is 5. The zero-order valence-corrected chi connectivity index (χ0v) is 15.8. The number of aryl methyl sites for hydroxylation is 1. The molecule has 0 radical (unpaired) electrons. The predicted octanol–water partition coefficient (Wildman–Crippen LogP) is 2.42. The first-order chi connectivity index (χ1) is 13.6. The van der Waals surface area contributed by atoms with Gasteiger partial charge in [-0.05, 0) is 31.3 Å². The fourth-order valence-electron chi connectivity index (χ4n) is 3.32. The molecule has 1 aliphatic rings. The molecule has 0 unspecified atom stereocenters. The minimum absolute atomic E-state index is 0.152. The topological polar surface area (TPSA) is 77.1 Å². The molecular formula is C20H23FN6O. The third-order valence-corrected chi connectivity index (χ3v) is 4.99. The number of likely N-dealkylation sites (N-methyl/N-ethyl adjacent to an activating group) is 1. The van der Waals surface area contributed by atoms with Gasteiger partial charge in [0.2, 0.25) is 5.91 Å². The number of nitrogens with zero attached hydrogens (tertiary/aromatic N) is 4. The van der Waals surface area contributed by atoms with Crippen LogP contribution in [0.5, 0.6) is 0 Å². The number of amides is 1. The van der Waals surface area contributed by atoms with E-state index in [0.717, 1.165) is 31.9 Å². The Morgan fingerprint density at radius 2 is 2.04 bits per heavy atom. The monoisotopic (exact) mass is 382 g/mol. The van der Waals surface area contributed by atoms with Crippen molar-refractivity contribution in [2.24, 2.45) is 0 Å². The van der Waals surface area contributed by atoms with Crippen molar-refractivity contribution in [3.05, 3.63) is 48.2 Å². The lowest BCUT2D eigenvalue weighted by Gasteiger charge is -2.33. The van der Waals surface area contributed by atoms with E-state index >= 15 is 0 Å². The summed E-state index contributed by atoms with van der Waals surface area (Å²) >= 11 is 0. The molecule has 28 heavy (non-hydrogen) atoms.